The van der Waals surface area contributed by atoms with Crippen LogP contribution in [0.15, 0.2) is 42.5 Å². The first-order chi connectivity index (χ1) is 13.9. The van der Waals surface area contributed by atoms with Gasteiger partial charge in [0, 0.05) is 26.0 Å². The summed E-state index contributed by atoms with van der Waals surface area (Å²) in [5.74, 6) is 1.06. The number of hydrogen-bond donors (Lipinski definition) is 0. The zero-order chi connectivity index (χ0) is 20.4. The lowest BCUT2D eigenvalue weighted by atomic mass is 10.0. The molecule has 1 fully saturated rings. The van der Waals surface area contributed by atoms with E-state index in [1.165, 1.54) is 0 Å². The number of fused-ring (bicyclic) bond motifs is 1. The zero-order valence-corrected chi connectivity index (χ0v) is 17.1. The van der Waals surface area contributed by atoms with Crippen molar-refractivity contribution in [2.75, 3.05) is 19.7 Å². The summed E-state index contributed by atoms with van der Waals surface area (Å²) in [6.45, 7) is 8.05. The van der Waals surface area contributed by atoms with Gasteiger partial charge in [0.05, 0.1) is 19.8 Å². The first kappa shape index (κ1) is 19.6. The van der Waals surface area contributed by atoms with Gasteiger partial charge in [0.25, 0.3) is 0 Å². The molecule has 0 bridgehead atoms. The van der Waals surface area contributed by atoms with Crippen LogP contribution in [0.1, 0.15) is 43.6 Å². The van der Waals surface area contributed by atoms with Crippen LogP contribution in [0.25, 0.3) is 0 Å². The van der Waals surface area contributed by atoms with E-state index >= 15 is 0 Å². The van der Waals surface area contributed by atoms with Gasteiger partial charge in [-0.2, -0.15) is 0 Å². The van der Waals surface area contributed by atoms with Gasteiger partial charge in [0.1, 0.15) is 17.6 Å². The van der Waals surface area contributed by atoms with E-state index < -0.39 is 5.79 Å². The van der Waals surface area contributed by atoms with E-state index in [1.54, 1.807) is 4.90 Å². The molecule has 0 aliphatic carbocycles. The Bertz CT molecular complexity index is 877. The third-order valence-electron chi connectivity index (χ3n) is 5.18. The Morgan fingerprint density at radius 2 is 1.97 bits per heavy atom. The van der Waals surface area contributed by atoms with Crippen molar-refractivity contribution in [2.45, 2.75) is 45.7 Å². The van der Waals surface area contributed by atoms with Gasteiger partial charge >= 0.3 is 6.09 Å². The molecule has 0 spiro atoms. The Morgan fingerprint density at radius 3 is 2.72 bits per heavy atom. The summed E-state index contributed by atoms with van der Waals surface area (Å²) < 4.78 is 22.6. The SMILES string of the molecule is CCOc1ccc(CCN2CC(c3ccc4c(c3)COC(C)(C)O4)OC2=O)cc1. The highest BCUT2D eigenvalue weighted by Crippen LogP contribution is 2.35. The molecule has 154 valence electrons. The second kappa shape index (κ2) is 7.95. The van der Waals surface area contributed by atoms with Gasteiger partial charge < -0.3 is 23.8 Å². The molecule has 0 aromatic heterocycles. The highest BCUT2D eigenvalue weighted by Gasteiger charge is 2.33. The van der Waals surface area contributed by atoms with Crippen LogP contribution in [0.4, 0.5) is 4.79 Å². The van der Waals surface area contributed by atoms with Gasteiger partial charge in [-0.15, -0.1) is 0 Å². The van der Waals surface area contributed by atoms with Crippen molar-refractivity contribution >= 4 is 6.09 Å². The van der Waals surface area contributed by atoms with Gasteiger partial charge in [-0.05, 0) is 48.7 Å². The van der Waals surface area contributed by atoms with Crippen molar-refractivity contribution in [2.24, 2.45) is 0 Å². The van der Waals surface area contributed by atoms with Crippen LogP contribution in [0.2, 0.25) is 0 Å². The smallest absolute Gasteiger partial charge is 0.410 e. The lowest BCUT2D eigenvalue weighted by Crippen LogP contribution is -2.35. The van der Waals surface area contributed by atoms with E-state index in [9.17, 15) is 4.79 Å². The number of amides is 1. The van der Waals surface area contributed by atoms with Crippen molar-refractivity contribution in [3.63, 3.8) is 0 Å². The van der Waals surface area contributed by atoms with Gasteiger partial charge in [-0.3, -0.25) is 0 Å². The monoisotopic (exact) mass is 397 g/mol. The molecule has 2 aliphatic heterocycles. The van der Waals surface area contributed by atoms with Crippen LogP contribution in [-0.4, -0.2) is 36.5 Å². The number of nitrogens with zero attached hydrogens (tertiary/aromatic N) is 1. The number of rotatable bonds is 6. The fourth-order valence-electron chi connectivity index (χ4n) is 3.61. The Labute approximate surface area is 171 Å². The summed E-state index contributed by atoms with van der Waals surface area (Å²) in [6, 6.07) is 13.9. The van der Waals surface area contributed by atoms with Gasteiger partial charge in [-0.25, -0.2) is 4.79 Å². The van der Waals surface area contributed by atoms with E-state index in [-0.39, 0.29) is 12.2 Å². The number of cyclic esters (lactones) is 1. The Kier molecular flexibility index (Phi) is 5.37. The second-order valence-corrected chi connectivity index (χ2v) is 7.80. The number of benzene rings is 2. The quantitative estimate of drug-likeness (QED) is 0.720. The minimum absolute atomic E-state index is 0.271. The molecule has 2 heterocycles. The van der Waals surface area contributed by atoms with Crippen molar-refractivity contribution in [1.29, 1.82) is 0 Å². The average Bonchev–Trinajstić information content (AvgIpc) is 3.07. The maximum atomic E-state index is 12.3. The molecular weight excluding hydrogens is 370 g/mol. The maximum absolute atomic E-state index is 12.3. The normalized spacial score (nSPS) is 20.0. The summed E-state index contributed by atoms with van der Waals surface area (Å²) in [7, 11) is 0. The second-order valence-electron chi connectivity index (χ2n) is 7.80. The van der Waals surface area contributed by atoms with E-state index in [2.05, 4.69) is 0 Å². The summed E-state index contributed by atoms with van der Waals surface area (Å²) in [4.78, 5) is 14.1. The van der Waals surface area contributed by atoms with Crippen LogP contribution in [0, 0.1) is 0 Å². The van der Waals surface area contributed by atoms with E-state index in [1.807, 2.05) is 63.2 Å². The third-order valence-corrected chi connectivity index (χ3v) is 5.18. The van der Waals surface area contributed by atoms with Gasteiger partial charge in [-0.1, -0.05) is 18.2 Å². The molecule has 29 heavy (non-hydrogen) atoms. The Hall–Kier alpha value is -2.73. The highest BCUT2D eigenvalue weighted by molar-refractivity contribution is 5.70. The van der Waals surface area contributed by atoms with Crippen LogP contribution < -0.4 is 9.47 Å². The average molecular weight is 397 g/mol. The minimum atomic E-state index is -0.619. The summed E-state index contributed by atoms with van der Waals surface area (Å²) in [5.41, 5.74) is 3.11. The van der Waals surface area contributed by atoms with Crippen LogP contribution in [0.5, 0.6) is 11.5 Å². The largest absolute Gasteiger partial charge is 0.494 e. The molecule has 4 rings (SSSR count). The topological polar surface area (TPSA) is 57.2 Å². The molecule has 1 saturated heterocycles. The lowest BCUT2D eigenvalue weighted by molar-refractivity contribution is -0.180. The fraction of sp³-hybridized carbons (Fsp3) is 0.435. The number of carbonyl (C=O) groups is 1. The first-order valence-electron chi connectivity index (χ1n) is 10.1. The molecule has 1 amide bonds. The van der Waals surface area contributed by atoms with E-state index in [4.69, 9.17) is 18.9 Å². The number of ether oxygens (including phenoxy) is 4. The van der Waals surface area contributed by atoms with E-state index in [0.717, 1.165) is 34.6 Å². The number of carbonyl (C=O) groups excluding carboxylic acids is 1. The van der Waals surface area contributed by atoms with Crippen LogP contribution in [0.3, 0.4) is 0 Å². The van der Waals surface area contributed by atoms with Gasteiger partial charge in [0.15, 0.2) is 0 Å². The minimum Gasteiger partial charge on any atom is -0.494 e. The molecule has 1 atom stereocenters. The summed E-state index contributed by atoms with van der Waals surface area (Å²) in [6.07, 6.45) is 0.227. The Morgan fingerprint density at radius 1 is 1.17 bits per heavy atom. The third kappa shape index (κ3) is 4.48. The van der Waals surface area contributed by atoms with Crippen molar-refractivity contribution < 1.29 is 23.7 Å². The molecule has 0 N–H and O–H groups in total. The molecule has 0 radical (unpaired) electrons. The predicted octanol–water partition coefficient (Wildman–Crippen LogP) is 4.47. The molecular formula is C23H27NO5. The molecule has 6 heteroatoms. The lowest BCUT2D eigenvalue weighted by Gasteiger charge is -2.32. The Balaban J connectivity index is 1.37. The molecule has 0 saturated carbocycles. The summed E-state index contributed by atoms with van der Waals surface area (Å²) >= 11 is 0. The summed E-state index contributed by atoms with van der Waals surface area (Å²) in [5, 5.41) is 0. The number of hydrogen-bond acceptors (Lipinski definition) is 5. The fourth-order valence-corrected chi connectivity index (χ4v) is 3.61. The maximum Gasteiger partial charge on any atom is 0.410 e. The van der Waals surface area contributed by atoms with Gasteiger partial charge in [0.2, 0.25) is 5.79 Å². The molecule has 2 aromatic rings. The standard InChI is InChI=1S/C23H27NO5/c1-4-26-19-8-5-16(6-9-19)11-12-24-14-21(28-22(24)25)17-7-10-20-18(13-17)15-27-23(2,3)29-20/h5-10,13,21H,4,11-12,14-15H2,1-3H3. The van der Waals surface area contributed by atoms with Crippen molar-refractivity contribution in [3.8, 4) is 11.5 Å². The first-order valence-corrected chi connectivity index (χ1v) is 10.1. The predicted molar refractivity (Wildman–Crippen MR) is 108 cm³/mol. The molecule has 2 aromatic carbocycles. The highest BCUT2D eigenvalue weighted by atomic mass is 16.7. The van der Waals surface area contributed by atoms with Crippen molar-refractivity contribution in [3.05, 3.63) is 59.2 Å². The molecule has 6 nitrogen and oxygen atoms in total. The van der Waals surface area contributed by atoms with Crippen LogP contribution in [-0.2, 0) is 22.5 Å². The van der Waals surface area contributed by atoms with Crippen molar-refractivity contribution in [1.82, 2.24) is 4.90 Å². The van der Waals surface area contributed by atoms with E-state index in [0.29, 0.717) is 26.3 Å². The zero-order valence-electron chi connectivity index (χ0n) is 17.1. The molecule has 2 aliphatic rings. The molecule has 1 unspecified atom stereocenters. The van der Waals surface area contributed by atoms with Crippen LogP contribution >= 0.6 is 0 Å².